The lowest BCUT2D eigenvalue weighted by atomic mass is 10.1. The number of halogens is 1. The molecule has 4 heteroatoms. The third-order valence-electron chi connectivity index (χ3n) is 3.30. The summed E-state index contributed by atoms with van der Waals surface area (Å²) < 4.78 is 15.1. The third kappa shape index (κ3) is 2.72. The van der Waals surface area contributed by atoms with Crippen molar-refractivity contribution in [2.75, 3.05) is 0 Å². The van der Waals surface area contributed by atoms with Crippen LogP contribution in [0.3, 0.4) is 0 Å². The summed E-state index contributed by atoms with van der Waals surface area (Å²) in [4.78, 5) is 11.2. The van der Waals surface area contributed by atoms with E-state index in [0.717, 1.165) is 19.1 Å². The number of nitrogens with zero attached hydrogens (tertiary/aromatic N) is 2. The zero-order valence-corrected chi connectivity index (χ0v) is 11.1. The maximum atomic E-state index is 13.3. The summed E-state index contributed by atoms with van der Waals surface area (Å²) in [6.45, 7) is 4.16. The molecule has 0 amide bonds. The highest BCUT2D eigenvalue weighted by molar-refractivity contribution is 5.85. The molecule has 19 heavy (non-hydrogen) atoms. The third-order valence-corrected chi connectivity index (χ3v) is 3.30. The summed E-state index contributed by atoms with van der Waals surface area (Å²) in [6, 6.07) is 6.42. The molecule has 0 unspecified atom stereocenters. The molecular weight excluding hydrogens is 243 g/mol. The molecule has 0 radical (unpaired) electrons. The number of carbonyl (C=O) groups is 1. The fourth-order valence-corrected chi connectivity index (χ4v) is 2.20. The minimum Gasteiger partial charge on any atom is -0.298 e. The highest BCUT2D eigenvalue weighted by Gasteiger charge is 2.15. The summed E-state index contributed by atoms with van der Waals surface area (Å²) in [5.41, 5.74) is 1.67. The van der Waals surface area contributed by atoms with Crippen molar-refractivity contribution in [3.8, 4) is 11.3 Å². The van der Waals surface area contributed by atoms with Gasteiger partial charge in [0.05, 0.1) is 11.6 Å². The van der Waals surface area contributed by atoms with Crippen LogP contribution in [0.25, 0.3) is 11.3 Å². The van der Waals surface area contributed by atoms with Gasteiger partial charge >= 0.3 is 0 Å². The van der Waals surface area contributed by atoms with E-state index in [2.05, 4.69) is 18.9 Å². The zero-order valence-electron chi connectivity index (χ0n) is 11.1. The molecule has 1 aromatic carbocycles. The summed E-state index contributed by atoms with van der Waals surface area (Å²) >= 11 is 0. The average molecular weight is 260 g/mol. The predicted molar refractivity (Wildman–Crippen MR) is 72.6 cm³/mol. The number of benzene rings is 1. The minimum atomic E-state index is -0.327. The van der Waals surface area contributed by atoms with Crippen molar-refractivity contribution in [2.45, 2.75) is 32.7 Å². The summed E-state index contributed by atoms with van der Waals surface area (Å²) in [7, 11) is 0. The van der Waals surface area contributed by atoms with Crippen molar-refractivity contribution in [3.63, 3.8) is 0 Å². The minimum absolute atomic E-state index is 0.265. The van der Waals surface area contributed by atoms with Crippen molar-refractivity contribution in [2.24, 2.45) is 0 Å². The number of carbonyl (C=O) groups excluding carboxylic acids is 1. The van der Waals surface area contributed by atoms with Crippen molar-refractivity contribution in [1.29, 1.82) is 0 Å². The highest BCUT2D eigenvalue weighted by atomic mass is 19.1. The SMILES string of the molecule is CCC(CC)n1cc(C=O)c(-c2cccc(F)c2)n1. The molecule has 0 spiro atoms. The van der Waals surface area contributed by atoms with Crippen LogP contribution in [-0.2, 0) is 0 Å². The number of rotatable bonds is 5. The first kappa shape index (κ1) is 13.5. The number of hydrogen-bond donors (Lipinski definition) is 0. The van der Waals surface area contributed by atoms with Crippen LogP contribution in [0.5, 0.6) is 0 Å². The molecule has 1 aromatic heterocycles. The van der Waals surface area contributed by atoms with Crippen LogP contribution in [0.4, 0.5) is 4.39 Å². The Balaban J connectivity index is 2.48. The summed E-state index contributed by atoms with van der Waals surface area (Å²) in [6.07, 6.45) is 4.40. The Morgan fingerprint density at radius 1 is 1.37 bits per heavy atom. The fourth-order valence-electron chi connectivity index (χ4n) is 2.20. The van der Waals surface area contributed by atoms with Gasteiger partial charge in [0.15, 0.2) is 6.29 Å². The Morgan fingerprint density at radius 2 is 2.11 bits per heavy atom. The lowest BCUT2D eigenvalue weighted by molar-refractivity contribution is 0.112. The van der Waals surface area contributed by atoms with Gasteiger partial charge in [0.25, 0.3) is 0 Å². The fraction of sp³-hybridized carbons (Fsp3) is 0.333. The van der Waals surface area contributed by atoms with Crippen LogP contribution in [0.15, 0.2) is 30.5 Å². The van der Waals surface area contributed by atoms with E-state index >= 15 is 0 Å². The van der Waals surface area contributed by atoms with E-state index < -0.39 is 0 Å². The molecule has 1 heterocycles. The molecule has 0 aliphatic rings. The van der Waals surface area contributed by atoms with E-state index in [0.29, 0.717) is 16.8 Å². The summed E-state index contributed by atoms with van der Waals surface area (Å²) in [5, 5.41) is 4.45. The molecule has 0 saturated heterocycles. The molecular formula is C15H17FN2O. The molecule has 3 nitrogen and oxygen atoms in total. The molecule has 0 fully saturated rings. The Bertz CT molecular complexity index is 573. The van der Waals surface area contributed by atoms with Gasteiger partial charge in [0.2, 0.25) is 0 Å². The highest BCUT2D eigenvalue weighted by Crippen LogP contribution is 2.24. The van der Waals surface area contributed by atoms with Crippen LogP contribution in [0, 0.1) is 5.82 Å². The molecule has 2 rings (SSSR count). The van der Waals surface area contributed by atoms with Crippen molar-refractivity contribution in [3.05, 3.63) is 41.8 Å². The molecule has 0 bridgehead atoms. The molecule has 0 atom stereocenters. The maximum Gasteiger partial charge on any atom is 0.153 e. The van der Waals surface area contributed by atoms with Crippen molar-refractivity contribution >= 4 is 6.29 Å². The van der Waals surface area contributed by atoms with Crippen LogP contribution < -0.4 is 0 Å². The monoisotopic (exact) mass is 260 g/mol. The molecule has 0 N–H and O–H groups in total. The van der Waals surface area contributed by atoms with E-state index in [1.54, 1.807) is 18.3 Å². The van der Waals surface area contributed by atoms with Crippen LogP contribution in [0.1, 0.15) is 43.1 Å². The first-order valence-electron chi connectivity index (χ1n) is 6.49. The van der Waals surface area contributed by atoms with E-state index in [1.807, 2.05) is 4.68 Å². The first-order chi connectivity index (χ1) is 9.19. The number of hydrogen-bond acceptors (Lipinski definition) is 2. The van der Waals surface area contributed by atoms with Gasteiger partial charge in [0.1, 0.15) is 11.5 Å². The second-order valence-corrected chi connectivity index (χ2v) is 4.51. The average Bonchev–Trinajstić information content (AvgIpc) is 2.84. The van der Waals surface area contributed by atoms with E-state index in [9.17, 15) is 9.18 Å². The van der Waals surface area contributed by atoms with Gasteiger partial charge in [0, 0.05) is 11.8 Å². The van der Waals surface area contributed by atoms with Crippen LogP contribution >= 0.6 is 0 Å². The van der Waals surface area contributed by atoms with E-state index in [1.165, 1.54) is 12.1 Å². The number of aromatic nitrogens is 2. The lowest BCUT2D eigenvalue weighted by Gasteiger charge is -2.12. The molecule has 0 aliphatic carbocycles. The van der Waals surface area contributed by atoms with E-state index in [-0.39, 0.29) is 11.9 Å². The van der Waals surface area contributed by atoms with Gasteiger partial charge in [-0.2, -0.15) is 5.10 Å². The predicted octanol–water partition coefficient (Wildman–Crippen LogP) is 3.86. The molecule has 0 aliphatic heterocycles. The van der Waals surface area contributed by atoms with Gasteiger partial charge in [-0.3, -0.25) is 9.48 Å². The van der Waals surface area contributed by atoms with Crippen molar-refractivity contribution < 1.29 is 9.18 Å². The largest absolute Gasteiger partial charge is 0.298 e. The topological polar surface area (TPSA) is 34.9 Å². The maximum absolute atomic E-state index is 13.3. The quantitative estimate of drug-likeness (QED) is 0.765. The number of aldehydes is 1. The zero-order chi connectivity index (χ0) is 13.8. The van der Waals surface area contributed by atoms with E-state index in [4.69, 9.17) is 0 Å². The van der Waals surface area contributed by atoms with Crippen molar-refractivity contribution in [1.82, 2.24) is 9.78 Å². The smallest absolute Gasteiger partial charge is 0.153 e. The molecule has 100 valence electrons. The lowest BCUT2D eigenvalue weighted by Crippen LogP contribution is -2.07. The second kappa shape index (κ2) is 5.78. The standard InChI is InChI=1S/C15H17FN2O/c1-3-14(4-2)18-9-12(10-19)15(17-18)11-6-5-7-13(16)8-11/h5-10,14H,3-4H2,1-2H3. The second-order valence-electron chi connectivity index (χ2n) is 4.51. The molecule has 2 aromatic rings. The molecule has 0 saturated carbocycles. The van der Waals surface area contributed by atoms with Gasteiger partial charge < -0.3 is 0 Å². The van der Waals surface area contributed by atoms with Crippen LogP contribution in [0.2, 0.25) is 0 Å². The van der Waals surface area contributed by atoms with Gasteiger partial charge in [-0.1, -0.05) is 26.0 Å². The van der Waals surface area contributed by atoms with Crippen LogP contribution in [-0.4, -0.2) is 16.1 Å². The Labute approximate surface area is 112 Å². The van der Waals surface area contributed by atoms with Gasteiger partial charge in [-0.05, 0) is 25.0 Å². The van der Waals surface area contributed by atoms with Gasteiger partial charge in [-0.25, -0.2) is 4.39 Å². The summed E-state index contributed by atoms with van der Waals surface area (Å²) in [5.74, 6) is -0.327. The first-order valence-corrected chi connectivity index (χ1v) is 6.49. The normalized spacial score (nSPS) is 10.9. The van der Waals surface area contributed by atoms with Gasteiger partial charge in [-0.15, -0.1) is 0 Å². The Morgan fingerprint density at radius 3 is 2.68 bits per heavy atom. The Hall–Kier alpha value is -1.97. The Kier molecular flexibility index (Phi) is 4.10.